The van der Waals surface area contributed by atoms with Crippen molar-refractivity contribution in [2.75, 3.05) is 6.54 Å². The summed E-state index contributed by atoms with van der Waals surface area (Å²) in [6, 6.07) is 9.04. The van der Waals surface area contributed by atoms with Gasteiger partial charge in [0.2, 0.25) is 0 Å². The molecule has 1 unspecified atom stereocenters. The molecule has 2 heteroatoms. The Morgan fingerprint density at radius 1 is 1.10 bits per heavy atom. The van der Waals surface area contributed by atoms with Gasteiger partial charge in [0.25, 0.3) is 0 Å². The Bertz CT molecular complexity index is 375. The average Bonchev–Trinajstić information content (AvgIpc) is 2.36. The number of hydrogen-bond acceptors (Lipinski definition) is 2. The molecule has 0 radical (unpaired) electrons. The van der Waals surface area contributed by atoms with E-state index in [-0.39, 0.29) is 11.5 Å². The van der Waals surface area contributed by atoms with Crippen molar-refractivity contribution < 1.29 is 4.74 Å². The van der Waals surface area contributed by atoms with Crippen LogP contribution >= 0.6 is 0 Å². The summed E-state index contributed by atoms with van der Waals surface area (Å²) >= 11 is 0. The third-order valence-corrected chi connectivity index (χ3v) is 3.39. The largest absolute Gasteiger partial charge is 0.489 e. The topological polar surface area (TPSA) is 21.3 Å². The summed E-state index contributed by atoms with van der Waals surface area (Å²) in [6.45, 7) is 14.1. The fourth-order valence-electron chi connectivity index (χ4n) is 2.12. The van der Waals surface area contributed by atoms with E-state index in [0.717, 1.165) is 25.1 Å². The van der Waals surface area contributed by atoms with E-state index in [1.807, 2.05) is 0 Å². The van der Waals surface area contributed by atoms with Crippen LogP contribution in [0, 0.1) is 0 Å². The van der Waals surface area contributed by atoms with Crippen molar-refractivity contribution in [2.45, 2.75) is 71.9 Å². The predicted molar refractivity (Wildman–Crippen MR) is 87.6 cm³/mol. The minimum atomic E-state index is 0.195. The first-order valence-electron chi connectivity index (χ1n) is 7.83. The number of hydrogen-bond donors (Lipinski definition) is 1. The zero-order valence-electron chi connectivity index (χ0n) is 14.0. The molecule has 0 saturated carbocycles. The molecule has 1 aromatic rings. The highest BCUT2D eigenvalue weighted by molar-refractivity contribution is 5.31. The first-order valence-corrected chi connectivity index (χ1v) is 7.83. The van der Waals surface area contributed by atoms with Gasteiger partial charge < -0.3 is 10.1 Å². The second kappa shape index (κ2) is 7.68. The Hall–Kier alpha value is -1.02. The van der Waals surface area contributed by atoms with E-state index in [0.29, 0.717) is 6.04 Å². The standard InChI is InChI=1S/C18H31NO/c1-7-8-17(13-19-14(2)3)20-16-11-9-15(10-12-16)18(4,5)6/h9-12,14,17,19H,7-8,13H2,1-6H3. The van der Waals surface area contributed by atoms with E-state index in [2.05, 4.69) is 71.1 Å². The normalized spacial score (nSPS) is 13.6. The molecule has 0 aromatic heterocycles. The second-order valence-corrected chi connectivity index (χ2v) is 6.87. The minimum Gasteiger partial charge on any atom is -0.489 e. The van der Waals surface area contributed by atoms with Gasteiger partial charge in [-0.25, -0.2) is 0 Å². The van der Waals surface area contributed by atoms with Gasteiger partial charge in [-0.2, -0.15) is 0 Å². The third-order valence-electron chi connectivity index (χ3n) is 3.39. The van der Waals surface area contributed by atoms with E-state index in [9.17, 15) is 0 Å². The van der Waals surface area contributed by atoms with Gasteiger partial charge in [-0.15, -0.1) is 0 Å². The van der Waals surface area contributed by atoms with Crippen LogP contribution in [0.5, 0.6) is 5.75 Å². The van der Waals surface area contributed by atoms with Crippen LogP contribution in [0.2, 0.25) is 0 Å². The quantitative estimate of drug-likeness (QED) is 0.790. The lowest BCUT2D eigenvalue weighted by atomic mass is 9.87. The van der Waals surface area contributed by atoms with Crippen molar-refractivity contribution in [1.82, 2.24) is 5.32 Å². The number of rotatable bonds is 7. The molecule has 0 aliphatic rings. The summed E-state index contributed by atoms with van der Waals surface area (Å²) in [5.41, 5.74) is 1.54. The van der Waals surface area contributed by atoms with Gasteiger partial charge >= 0.3 is 0 Å². The fourth-order valence-corrected chi connectivity index (χ4v) is 2.12. The Kier molecular flexibility index (Phi) is 6.54. The predicted octanol–water partition coefficient (Wildman–Crippen LogP) is 4.53. The first kappa shape index (κ1) is 17.0. The lowest BCUT2D eigenvalue weighted by molar-refractivity contribution is 0.183. The van der Waals surface area contributed by atoms with E-state index in [1.54, 1.807) is 0 Å². The maximum Gasteiger partial charge on any atom is 0.119 e. The summed E-state index contributed by atoms with van der Waals surface area (Å²) in [7, 11) is 0. The molecule has 0 heterocycles. The van der Waals surface area contributed by atoms with Gasteiger partial charge in [0.1, 0.15) is 11.9 Å². The van der Waals surface area contributed by atoms with Gasteiger partial charge in [-0.05, 0) is 29.5 Å². The molecule has 1 aromatic carbocycles. The van der Waals surface area contributed by atoms with Crippen molar-refractivity contribution in [3.8, 4) is 5.75 Å². The van der Waals surface area contributed by atoms with Gasteiger partial charge in [-0.3, -0.25) is 0 Å². The van der Waals surface area contributed by atoms with Crippen LogP contribution in [-0.2, 0) is 5.41 Å². The van der Waals surface area contributed by atoms with E-state index in [1.165, 1.54) is 5.56 Å². The lowest BCUT2D eigenvalue weighted by Crippen LogP contribution is -2.35. The van der Waals surface area contributed by atoms with Crippen LogP contribution in [0.25, 0.3) is 0 Å². The highest BCUT2D eigenvalue weighted by Crippen LogP contribution is 2.24. The number of nitrogens with one attached hydrogen (secondary N) is 1. The molecule has 114 valence electrons. The van der Waals surface area contributed by atoms with E-state index >= 15 is 0 Å². The summed E-state index contributed by atoms with van der Waals surface area (Å²) in [5, 5.41) is 3.46. The van der Waals surface area contributed by atoms with Crippen LogP contribution in [0.15, 0.2) is 24.3 Å². The van der Waals surface area contributed by atoms with Gasteiger partial charge in [0.15, 0.2) is 0 Å². The molecule has 0 fully saturated rings. The monoisotopic (exact) mass is 277 g/mol. The molecule has 0 saturated heterocycles. The first-order chi connectivity index (χ1) is 9.32. The molecule has 0 amide bonds. The summed E-state index contributed by atoms with van der Waals surface area (Å²) in [6.07, 6.45) is 2.48. The van der Waals surface area contributed by atoms with Crippen molar-refractivity contribution in [3.63, 3.8) is 0 Å². The molecule has 0 aliphatic carbocycles. The highest BCUT2D eigenvalue weighted by atomic mass is 16.5. The summed E-state index contributed by atoms with van der Waals surface area (Å²) in [5.74, 6) is 0.974. The van der Waals surface area contributed by atoms with Crippen molar-refractivity contribution >= 4 is 0 Å². The molecule has 1 N–H and O–H groups in total. The van der Waals surface area contributed by atoms with Gasteiger partial charge in [-0.1, -0.05) is 60.1 Å². The molecule has 20 heavy (non-hydrogen) atoms. The Balaban J connectivity index is 2.64. The molecule has 1 atom stereocenters. The van der Waals surface area contributed by atoms with Crippen LogP contribution in [0.4, 0.5) is 0 Å². The highest BCUT2D eigenvalue weighted by Gasteiger charge is 2.14. The van der Waals surface area contributed by atoms with Crippen LogP contribution < -0.4 is 10.1 Å². The summed E-state index contributed by atoms with van der Waals surface area (Å²) in [4.78, 5) is 0. The van der Waals surface area contributed by atoms with Crippen LogP contribution in [0.3, 0.4) is 0 Å². The van der Waals surface area contributed by atoms with Crippen LogP contribution in [0.1, 0.15) is 59.9 Å². The van der Waals surface area contributed by atoms with E-state index in [4.69, 9.17) is 4.74 Å². The van der Waals surface area contributed by atoms with Crippen molar-refractivity contribution in [1.29, 1.82) is 0 Å². The zero-order valence-corrected chi connectivity index (χ0v) is 14.0. The second-order valence-electron chi connectivity index (χ2n) is 6.87. The molecule has 1 rings (SSSR count). The van der Waals surface area contributed by atoms with Gasteiger partial charge in [0.05, 0.1) is 0 Å². The van der Waals surface area contributed by atoms with Crippen LogP contribution in [-0.4, -0.2) is 18.7 Å². The van der Waals surface area contributed by atoms with E-state index < -0.39 is 0 Å². The molecule has 0 bridgehead atoms. The molecular formula is C18H31NO. The molecular weight excluding hydrogens is 246 g/mol. The number of ether oxygens (including phenoxy) is 1. The fraction of sp³-hybridized carbons (Fsp3) is 0.667. The van der Waals surface area contributed by atoms with Crippen molar-refractivity contribution in [2.24, 2.45) is 0 Å². The molecule has 0 aliphatic heterocycles. The Labute approximate surface area is 124 Å². The third kappa shape index (κ3) is 5.96. The van der Waals surface area contributed by atoms with Gasteiger partial charge in [0, 0.05) is 12.6 Å². The molecule has 0 spiro atoms. The van der Waals surface area contributed by atoms with Crippen molar-refractivity contribution in [3.05, 3.63) is 29.8 Å². The molecule has 2 nitrogen and oxygen atoms in total. The SMILES string of the molecule is CCCC(CNC(C)C)Oc1ccc(C(C)(C)C)cc1. The lowest BCUT2D eigenvalue weighted by Gasteiger charge is -2.22. The minimum absolute atomic E-state index is 0.195. The number of benzene rings is 1. The zero-order chi connectivity index (χ0) is 15.2. The smallest absolute Gasteiger partial charge is 0.119 e. The average molecular weight is 277 g/mol. The summed E-state index contributed by atoms with van der Waals surface area (Å²) < 4.78 is 6.11. The Morgan fingerprint density at radius 3 is 2.15 bits per heavy atom. The maximum atomic E-state index is 6.11. The Morgan fingerprint density at radius 2 is 1.70 bits per heavy atom. The maximum absolute atomic E-state index is 6.11.